The van der Waals surface area contributed by atoms with E-state index in [9.17, 15) is 0 Å². The lowest BCUT2D eigenvalue weighted by Gasteiger charge is -2.42. The number of oxime groups is 1. The summed E-state index contributed by atoms with van der Waals surface area (Å²) in [5, 5.41) is 4.24. The fraction of sp³-hybridized carbons (Fsp3) is 0.381. The number of piperidine rings is 3. The first-order chi connectivity index (χ1) is 12.4. The molecule has 3 saturated heterocycles. The first-order valence-electron chi connectivity index (χ1n) is 9.05. The van der Waals surface area contributed by atoms with E-state index in [2.05, 4.69) is 22.2 Å². The minimum Gasteiger partial charge on any atom is -0.489 e. The van der Waals surface area contributed by atoms with Crippen LogP contribution in [-0.2, 0) is 11.4 Å². The minimum absolute atomic E-state index is 0.247. The average molecular weight is 336 g/mol. The lowest BCUT2D eigenvalue weighted by molar-refractivity contribution is -0.0675. The van der Waals surface area contributed by atoms with Crippen LogP contribution >= 0.6 is 0 Å². The Morgan fingerprint density at radius 1 is 1.04 bits per heavy atom. The maximum absolute atomic E-state index is 5.86. The molecule has 1 unspecified atom stereocenters. The third-order valence-corrected chi connectivity index (χ3v) is 5.10. The van der Waals surface area contributed by atoms with Crippen molar-refractivity contribution >= 4 is 6.21 Å². The molecule has 3 heterocycles. The van der Waals surface area contributed by atoms with Crippen LogP contribution in [0.4, 0.5) is 0 Å². The predicted octanol–water partition coefficient (Wildman–Crippen LogP) is 3.71. The van der Waals surface area contributed by atoms with E-state index in [1.807, 2.05) is 42.5 Å². The lowest BCUT2D eigenvalue weighted by atomic mass is 9.86. The molecule has 130 valence electrons. The molecule has 2 aromatic rings. The molecule has 0 saturated carbocycles. The second-order valence-corrected chi connectivity index (χ2v) is 6.86. The van der Waals surface area contributed by atoms with Gasteiger partial charge in [-0.05, 0) is 49.2 Å². The summed E-state index contributed by atoms with van der Waals surface area (Å²) in [4.78, 5) is 8.25. The van der Waals surface area contributed by atoms with Gasteiger partial charge in [0, 0.05) is 12.5 Å². The number of fused-ring (bicyclic) bond motifs is 3. The third kappa shape index (κ3) is 4.20. The first-order valence-corrected chi connectivity index (χ1v) is 9.05. The Balaban J connectivity index is 1.32. The van der Waals surface area contributed by atoms with E-state index in [4.69, 9.17) is 9.57 Å². The zero-order valence-electron chi connectivity index (χ0n) is 14.4. The molecule has 2 aromatic carbocycles. The van der Waals surface area contributed by atoms with E-state index in [1.54, 1.807) is 6.21 Å². The summed E-state index contributed by atoms with van der Waals surface area (Å²) in [6.07, 6.45) is 4.51. The molecule has 1 atom stereocenters. The van der Waals surface area contributed by atoms with Crippen LogP contribution in [0.5, 0.6) is 5.75 Å². The van der Waals surface area contributed by atoms with Gasteiger partial charge >= 0.3 is 0 Å². The van der Waals surface area contributed by atoms with Gasteiger partial charge in [0.2, 0.25) is 0 Å². The van der Waals surface area contributed by atoms with Crippen molar-refractivity contribution in [1.82, 2.24) is 4.90 Å². The molecule has 5 rings (SSSR count). The van der Waals surface area contributed by atoms with Gasteiger partial charge in [0.1, 0.15) is 18.5 Å². The van der Waals surface area contributed by atoms with Gasteiger partial charge in [0.05, 0.1) is 6.21 Å². The van der Waals surface area contributed by atoms with Gasteiger partial charge in [-0.3, -0.25) is 4.90 Å². The number of hydrogen-bond acceptors (Lipinski definition) is 4. The summed E-state index contributed by atoms with van der Waals surface area (Å²) in [5.41, 5.74) is 2.15. The maximum atomic E-state index is 5.86. The Morgan fingerprint density at radius 2 is 1.88 bits per heavy atom. The monoisotopic (exact) mass is 336 g/mol. The van der Waals surface area contributed by atoms with Crippen molar-refractivity contribution in [2.24, 2.45) is 11.1 Å². The number of ether oxygens (including phenoxy) is 1. The molecule has 0 spiro atoms. The summed E-state index contributed by atoms with van der Waals surface area (Å²) < 4.78 is 5.86. The van der Waals surface area contributed by atoms with Crippen molar-refractivity contribution < 1.29 is 9.57 Å². The second-order valence-electron chi connectivity index (χ2n) is 6.86. The SMILES string of the molecule is C(=NOC1CN2CCC1CC2)c1cccc(OCc2ccccc2)c1. The third-order valence-electron chi connectivity index (χ3n) is 5.10. The summed E-state index contributed by atoms with van der Waals surface area (Å²) in [6.45, 7) is 4.02. The largest absolute Gasteiger partial charge is 0.489 e. The molecule has 4 nitrogen and oxygen atoms in total. The van der Waals surface area contributed by atoms with Crippen LogP contribution in [0.2, 0.25) is 0 Å². The molecule has 3 aliphatic heterocycles. The number of rotatable bonds is 6. The van der Waals surface area contributed by atoms with Gasteiger partial charge in [-0.15, -0.1) is 0 Å². The Kier molecular flexibility index (Phi) is 4.98. The van der Waals surface area contributed by atoms with E-state index in [1.165, 1.54) is 25.9 Å². The molecular weight excluding hydrogens is 312 g/mol. The summed E-state index contributed by atoms with van der Waals surface area (Å²) >= 11 is 0. The van der Waals surface area contributed by atoms with Crippen molar-refractivity contribution in [3.63, 3.8) is 0 Å². The van der Waals surface area contributed by atoms with E-state index in [-0.39, 0.29) is 6.10 Å². The Morgan fingerprint density at radius 3 is 2.64 bits per heavy atom. The van der Waals surface area contributed by atoms with E-state index in [0.29, 0.717) is 12.5 Å². The van der Waals surface area contributed by atoms with Crippen LogP contribution < -0.4 is 4.74 Å². The maximum Gasteiger partial charge on any atom is 0.143 e. The number of benzene rings is 2. The van der Waals surface area contributed by atoms with Crippen LogP contribution in [0.1, 0.15) is 24.0 Å². The summed E-state index contributed by atoms with van der Waals surface area (Å²) in [5.74, 6) is 1.51. The molecule has 0 aromatic heterocycles. The smallest absolute Gasteiger partial charge is 0.143 e. The van der Waals surface area contributed by atoms with Gasteiger partial charge in [-0.25, -0.2) is 0 Å². The van der Waals surface area contributed by atoms with Gasteiger partial charge in [0.15, 0.2) is 0 Å². The highest BCUT2D eigenvalue weighted by Crippen LogP contribution is 2.29. The van der Waals surface area contributed by atoms with E-state index in [0.717, 1.165) is 23.4 Å². The zero-order valence-corrected chi connectivity index (χ0v) is 14.4. The molecule has 25 heavy (non-hydrogen) atoms. The molecule has 2 bridgehead atoms. The highest BCUT2D eigenvalue weighted by Gasteiger charge is 2.35. The highest BCUT2D eigenvalue weighted by atomic mass is 16.6. The quantitative estimate of drug-likeness (QED) is 0.596. The molecular formula is C21H24N2O2. The number of nitrogens with zero attached hydrogens (tertiary/aromatic N) is 2. The van der Waals surface area contributed by atoms with Gasteiger partial charge in [0.25, 0.3) is 0 Å². The fourth-order valence-corrected chi connectivity index (χ4v) is 3.63. The van der Waals surface area contributed by atoms with Crippen LogP contribution in [0.25, 0.3) is 0 Å². The second kappa shape index (κ2) is 7.70. The first kappa shape index (κ1) is 16.2. The Labute approximate surface area is 149 Å². The normalized spacial score (nSPS) is 25.2. The highest BCUT2D eigenvalue weighted by molar-refractivity contribution is 5.79. The Hall–Kier alpha value is -2.33. The zero-order chi connectivity index (χ0) is 16.9. The minimum atomic E-state index is 0.247. The lowest BCUT2D eigenvalue weighted by Crippen LogP contribution is -2.50. The number of hydrogen-bond donors (Lipinski definition) is 0. The standard InChI is InChI=1S/C21H24N2O2/c1-2-5-17(6-3-1)16-24-20-8-4-7-18(13-20)14-22-25-21-15-23-11-9-19(21)10-12-23/h1-8,13-14,19,21H,9-12,15-16H2. The molecule has 0 N–H and O–H groups in total. The van der Waals surface area contributed by atoms with Gasteiger partial charge in [-0.2, -0.15) is 0 Å². The fourth-order valence-electron chi connectivity index (χ4n) is 3.63. The van der Waals surface area contributed by atoms with Crippen molar-refractivity contribution in [3.8, 4) is 5.75 Å². The van der Waals surface area contributed by atoms with E-state index < -0.39 is 0 Å². The summed E-state index contributed by atoms with van der Waals surface area (Å²) in [7, 11) is 0. The van der Waals surface area contributed by atoms with Crippen molar-refractivity contribution in [2.75, 3.05) is 19.6 Å². The van der Waals surface area contributed by atoms with Crippen molar-refractivity contribution in [2.45, 2.75) is 25.6 Å². The predicted molar refractivity (Wildman–Crippen MR) is 98.8 cm³/mol. The van der Waals surface area contributed by atoms with Crippen LogP contribution in [0, 0.1) is 5.92 Å². The van der Waals surface area contributed by atoms with Gasteiger partial charge < -0.3 is 9.57 Å². The van der Waals surface area contributed by atoms with Gasteiger partial charge in [-0.1, -0.05) is 47.6 Å². The van der Waals surface area contributed by atoms with Crippen molar-refractivity contribution in [1.29, 1.82) is 0 Å². The summed E-state index contributed by atoms with van der Waals surface area (Å²) in [6, 6.07) is 18.1. The molecule has 0 radical (unpaired) electrons. The Bertz CT molecular complexity index is 709. The van der Waals surface area contributed by atoms with Crippen LogP contribution in [-0.4, -0.2) is 36.9 Å². The molecule has 4 heteroatoms. The van der Waals surface area contributed by atoms with E-state index >= 15 is 0 Å². The molecule has 3 fully saturated rings. The molecule has 3 aliphatic rings. The van der Waals surface area contributed by atoms with Crippen LogP contribution in [0.15, 0.2) is 59.8 Å². The average Bonchev–Trinajstić information content (AvgIpc) is 2.69. The molecule has 0 aliphatic carbocycles. The topological polar surface area (TPSA) is 34.1 Å². The molecule has 0 amide bonds. The van der Waals surface area contributed by atoms with Crippen molar-refractivity contribution in [3.05, 3.63) is 65.7 Å². The van der Waals surface area contributed by atoms with Crippen LogP contribution in [0.3, 0.4) is 0 Å².